The molecule has 0 radical (unpaired) electrons. The van der Waals surface area contributed by atoms with E-state index in [0.717, 1.165) is 11.8 Å². The fraction of sp³-hybridized carbons (Fsp3) is 0.250. The van der Waals surface area contributed by atoms with Gasteiger partial charge in [-0.1, -0.05) is 59.3 Å². The molecule has 1 aliphatic rings. The number of hydrogen-bond acceptors (Lipinski definition) is 3. The first-order valence-electron chi connectivity index (χ1n) is 8.86. The van der Waals surface area contributed by atoms with Gasteiger partial charge in [-0.3, -0.25) is 4.79 Å². The second-order valence-corrected chi connectivity index (χ2v) is 7.28. The molecule has 1 amide bonds. The highest BCUT2D eigenvalue weighted by Crippen LogP contribution is 2.37. The summed E-state index contributed by atoms with van der Waals surface area (Å²) in [5.41, 5.74) is 2.01. The summed E-state index contributed by atoms with van der Waals surface area (Å²) < 4.78 is 29.3. The number of nitrogens with one attached hydrogen (secondary N) is 1. The largest absolute Gasteiger partial charge is 0.423 e. The predicted octanol–water partition coefficient (Wildman–Crippen LogP) is 4.21. The summed E-state index contributed by atoms with van der Waals surface area (Å²) in [7, 11) is 0. The van der Waals surface area contributed by atoms with Crippen LogP contribution in [-0.4, -0.2) is 26.9 Å². The second-order valence-electron chi connectivity index (χ2n) is 6.85. The Hall–Kier alpha value is -2.80. The predicted molar refractivity (Wildman–Crippen MR) is 101 cm³/mol. The van der Waals surface area contributed by atoms with Crippen LogP contribution in [0.25, 0.3) is 11.3 Å². The smallest absolute Gasteiger partial charge is 0.346 e. The lowest BCUT2D eigenvalue weighted by Crippen LogP contribution is -2.50. The Labute approximate surface area is 165 Å². The van der Waals surface area contributed by atoms with Crippen molar-refractivity contribution >= 4 is 17.5 Å². The van der Waals surface area contributed by atoms with Crippen molar-refractivity contribution in [3.8, 4) is 11.3 Å². The fourth-order valence-electron chi connectivity index (χ4n) is 3.26. The van der Waals surface area contributed by atoms with E-state index in [4.69, 9.17) is 11.6 Å². The molecule has 144 valence electrons. The zero-order valence-electron chi connectivity index (χ0n) is 14.7. The van der Waals surface area contributed by atoms with Crippen molar-refractivity contribution in [2.24, 2.45) is 0 Å². The molecule has 1 saturated carbocycles. The van der Waals surface area contributed by atoms with E-state index in [0.29, 0.717) is 28.1 Å². The van der Waals surface area contributed by atoms with Crippen LogP contribution in [0, 0.1) is 0 Å². The van der Waals surface area contributed by atoms with Gasteiger partial charge in [0.1, 0.15) is 5.69 Å². The standard InChI is InChI=1S/C20H17ClF2N4O/c21-16-8-6-13(7-9-16)15-10-17(11-15)24-19(28)20(22,23)27-12-18(25-26-27)14-4-2-1-3-5-14/h1-9,12,15,17H,10-11H2,(H,24,28). The van der Waals surface area contributed by atoms with Crippen LogP contribution in [0.4, 0.5) is 8.78 Å². The molecule has 1 aliphatic carbocycles. The Morgan fingerprint density at radius 3 is 2.46 bits per heavy atom. The van der Waals surface area contributed by atoms with E-state index in [2.05, 4.69) is 15.6 Å². The average Bonchev–Trinajstić information content (AvgIpc) is 3.17. The van der Waals surface area contributed by atoms with E-state index in [-0.39, 0.29) is 17.7 Å². The third-order valence-electron chi connectivity index (χ3n) is 4.94. The molecule has 4 rings (SSSR count). The minimum atomic E-state index is -3.81. The lowest BCUT2D eigenvalue weighted by Gasteiger charge is -2.36. The number of nitrogens with zero attached hydrogens (tertiary/aromatic N) is 3. The lowest BCUT2D eigenvalue weighted by atomic mass is 9.76. The van der Waals surface area contributed by atoms with Gasteiger partial charge in [0.05, 0.1) is 6.20 Å². The van der Waals surface area contributed by atoms with Crippen molar-refractivity contribution in [3.05, 3.63) is 71.4 Å². The highest BCUT2D eigenvalue weighted by molar-refractivity contribution is 6.30. The lowest BCUT2D eigenvalue weighted by molar-refractivity contribution is -0.165. The monoisotopic (exact) mass is 402 g/mol. The number of hydrogen-bond donors (Lipinski definition) is 1. The van der Waals surface area contributed by atoms with Gasteiger partial charge in [0.25, 0.3) is 0 Å². The van der Waals surface area contributed by atoms with Crippen LogP contribution in [0.5, 0.6) is 0 Å². The minimum absolute atomic E-state index is 0.229. The quantitative estimate of drug-likeness (QED) is 0.695. The topological polar surface area (TPSA) is 59.8 Å². The highest BCUT2D eigenvalue weighted by Gasteiger charge is 2.45. The van der Waals surface area contributed by atoms with Crippen molar-refractivity contribution in [3.63, 3.8) is 0 Å². The maximum absolute atomic E-state index is 14.5. The van der Waals surface area contributed by atoms with E-state index in [1.165, 1.54) is 0 Å². The molecular formula is C20H17ClF2N4O. The van der Waals surface area contributed by atoms with E-state index in [9.17, 15) is 13.6 Å². The third-order valence-corrected chi connectivity index (χ3v) is 5.19. The molecule has 0 spiro atoms. The van der Waals surface area contributed by atoms with Gasteiger partial charge < -0.3 is 5.32 Å². The Morgan fingerprint density at radius 1 is 1.11 bits per heavy atom. The molecular weight excluding hydrogens is 386 g/mol. The van der Waals surface area contributed by atoms with Gasteiger partial charge in [-0.05, 0) is 36.5 Å². The maximum atomic E-state index is 14.5. The van der Waals surface area contributed by atoms with E-state index < -0.39 is 12.0 Å². The van der Waals surface area contributed by atoms with Crippen LogP contribution in [0.3, 0.4) is 0 Å². The number of amides is 1. The molecule has 0 unspecified atom stereocenters. The number of alkyl halides is 2. The molecule has 1 heterocycles. The van der Waals surface area contributed by atoms with Crippen molar-refractivity contribution in [2.45, 2.75) is 30.8 Å². The average molecular weight is 403 g/mol. The summed E-state index contributed by atoms with van der Waals surface area (Å²) in [6.07, 6.45) is 2.29. The normalized spacial score (nSPS) is 19.1. The summed E-state index contributed by atoms with van der Waals surface area (Å²) in [4.78, 5) is 12.1. The Bertz CT molecular complexity index is 969. The van der Waals surface area contributed by atoms with E-state index in [1.54, 1.807) is 36.4 Å². The number of rotatable bonds is 5. The first-order valence-corrected chi connectivity index (χ1v) is 9.24. The summed E-state index contributed by atoms with van der Waals surface area (Å²) in [6, 6.07) is 12.1. The minimum Gasteiger partial charge on any atom is -0.346 e. The van der Waals surface area contributed by atoms with Crippen LogP contribution in [0.15, 0.2) is 60.8 Å². The van der Waals surface area contributed by atoms with Crippen LogP contribution in [-0.2, 0) is 10.8 Å². The molecule has 28 heavy (non-hydrogen) atoms. The zero-order chi connectivity index (χ0) is 19.7. The summed E-state index contributed by atoms with van der Waals surface area (Å²) in [6.45, 7) is 0. The molecule has 5 nitrogen and oxygen atoms in total. The number of aromatic nitrogens is 3. The summed E-state index contributed by atoms with van der Waals surface area (Å²) in [5.74, 6) is -1.15. The molecule has 0 aliphatic heterocycles. The maximum Gasteiger partial charge on any atom is 0.423 e. The van der Waals surface area contributed by atoms with Gasteiger partial charge in [0.2, 0.25) is 0 Å². The fourth-order valence-corrected chi connectivity index (χ4v) is 3.39. The van der Waals surface area contributed by atoms with Crippen molar-refractivity contribution in [1.29, 1.82) is 0 Å². The number of benzene rings is 2. The van der Waals surface area contributed by atoms with E-state index >= 15 is 0 Å². The Kier molecular flexibility index (Phi) is 4.85. The molecule has 8 heteroatoms. The summed E-state index contributed by atoms with van der Waals surface area (Å²) >= 11 is 5.87. The van der Waals surface area contributed by atoms with Gasteiger partial charge in [-0.2, -0.15) is 13.5 Å². The van der Waals surface area contributed by atoms with Crippen molar-refractivity contribution < 1.29 is 13.6 Å². The van der Waals surface area contributed by atoms with Crippen molar-refractivity contribution in [2.75, 3.05) is 0 Å². The Balaban J connectivity index is 1.38. The number of carbonyl (C=O) groups is 1. The van der Waals surface area contributed by atoms with Gasteiger partial charge in [-0.15, -0.1) is 5.10 Å². The first kappa shape index (κ1) is 18.6. The number of halogens is 3. The van der Waals surface area contributed by atoms with E-state index in [1.807, 2.05) is 18.2 Å². The Morgan fingerprint density at radius 2 is 1.79 bits per heavy atom. The zero-order valence-corrected chi connectivity index (χ0v) is 15.5. The van der Waals surface area contributed by atoms with Gasteiger partial charge in [-0.25, -0.2) is 0 Å². The van der Waals surface area contributed by atoms with Crippen LogP contribution >= 0.6 is 11.6 Å². The number of carbonyl (C=O) groups excluding carboxylic acids is 1. The molecule has 2 aromatic carbocycles. The van der Waals surface area contributed by atoms with Gasteiger partial charge >= 0.3 is 12.0 Å². The molecule has 3 aromatic rings. The second kappa shape index (κ2) is 7.31. The summed E-state index contributed by atoms with van der Waals surface area (Å²) in [5, 5.41) is 10.3. The molecule has 1 fully saturated rings. The van der Waals surface area contributed by atoms with Crippen LogP contribution in [0.1, 0.15) is 24.3 Å². The van der Waals surface area contributed by atoms with Gasteiger partial charge in [0.15, 0.2) is 0 Å². The molecule has 1 N–H and O–H groups in total. The molecule has 0 bridgehead atoms. The third kappa shape index (κ3) is 3.62. The van der Waals surface area contributed by atoms with Crippen LogP contribution in [0.2, 0.25) is 5.02 Å². The molecule has 0 saturated heterocycles. The molecule has 0 atom stereocenters. The van der Waals surface area contributed by atoms with Gasteiger partial charge in [0, 0.05) is 16.6 Å². The first-order chi connectivity index (χ1) is 13.4. The molecule has 1 aromatic heterocycles. The highest BCUT2D eigenvalue weighted by atomic mass is 35.5. The SMILES string of the molecule is O=C(NC1CC(c2ccc(Cl)cc2)C1)C(F)(F)n1cc(-c2ccccc2)nn1. The van der Waals surface area contributed by atoms with Crippen molar-refractivity contribution in [1.82, 2.24) is 20.3 Å². The van der Waals surface area contributed by atoms with Crippen LogP contribution < -0.4 is 5.32 Å².